The Bertz CT molecular complexity index is 974. The van der Waals surface area contributed by atoms with Crippen molar-refractivity contribution in [1.82, 2.24) is 9.97 Å². The van der Waals surface area contributed by atoms with Crippen molar-refractivity contribution in [3.63, 3.8) is 0 Å². The molecule has 0 aliphatic carbocycles. The van der Waals surface area contributed by atoms with E-state index in [1.807, 2.05) is 26.0 Å². The fraction of sp³-hybridized carbons (Fsp3) is 0.158. The van der Waals surface area contributed by atoms with E-state index >= 15 is 0 Å². The average Bonchev–Trinajstić information content (AvgIpc) is 2.65. The van der Waals surface area contributed by atoms with Crippen LogP contribution in [0.25, 0.3) is 0 Å². The zero-order chi connectivity index (χ0) is 20.1. The number of nitro groups is 1. The summed E-state index contributed by atoms with van der Waals surface area (Å²) >= 11 is 0. The molecule has 9 nitrogen and oxygen atoms in total. The fourth-order valence-electron chi connectivity index (χ4n) is 2.50. The Labute approximate surface area is 161 Å². The number of anilines is 5. The number of benzene rings is 2. The monoisotopic (exact) mass is 380 g/mol. The summed E-state index contributed by atoms with van der Waals surface area (Å²) in [6, 6.07) is 14.6. The molecule has 3 aromatic rings. The third-order valence-corrected chi connectivity index (χ3v) is 3.83. The molecule has 0 aliphatic rings. The van der Waals surface area contributed by atoms with E-state index in [-0.39, 0.29) is 23.3 Å². The van der Waals surface area contributed by atoms with Crippen molar-refractivity contribution in [3.8, 4) is 5.75 Å². The highest BCUT2D eigenvalue weighted by molar-refractivity contribution is 5.75. The van der Waals surface area contributed by atoms with E-state index in [4.69, 9.17) is 10.5 Å². The van der Waals surface area contributed by atoms with Gasteiger partial charge in [0.2, 0.25) is 17.6 Å². The van der Waals surface area contributed by atoms with Gasteiger partial charge in [-0.15, -0.1) is 0 Å². The topological polar surface area (TPSA) is 128 Å². The first-order valence-electron chi connectivity index (χ1n) is 8.61. The lowest BCUT2D eigenvalue weighted by Gasteiger charge is -2.11. The van der Waals surface area contributed by atoms with Gasteiger partial charge in [-0.3, -0.25) is 10.1 Å². The van der Waals surface area contributed by atoms with E-state index in [1.54, 1.807) is 36.4 Å². The summed E-state index contributed by atoms with van der Waals surface area (Å²) in [6.45, 7) is 4.43. The molecule has 1 heterocycles. The van der Waals surface area contributed by atoms with Crippen LogP contribution in [0.2, 0.25) is 0 Å². The second-order valence-corrected chi connectivity index (χ2v) is 5.96. The molecular weight excluding hydrogens is 360 g/mol. The lowest BCUT2D eigenvalue weighted by molar-refractivity contribution is -0.383. The molecule has 1 aromatic heterocycles. The minimum atomic E-state index is -0.605. The van der Waals surface area contributed by atoms with Gasteiger partial charge in [-0.25, -0.2) is 0 Å². The molecule has 0 amide bonds. The van der Waals surface area contributed by atoms with Crippen molar-refractivity contribution in [2.45, 2.75) is 13.8 Å². The summed E-state index contributed by atoms with van der Waals surface area (Å²) in [5, 5.41) is 17.4. The summed E-state index contributed by atoms with van der Waals surface area (Å²) in [7, 11) is 0. The van der Waals surface area contributed by atoms with Gasteiger partial charge in [0.05, 0.1) is 11.5 Å². The molecule has 9 heteroatoms. The maximum Gasteiger partial charge on any atom is 0.353 e. The molecule has 4 N–H and O–H groups in total. The van der Waals surface area contributed by atoms with Crippen molar-refractivity contribution >= 4 is 34.6 Å². The second-order valence-electron chi connectivity index (χ2n) is 5.96. The van der Waals surface area contributed by atoms with Crippen LogP contribution in [0.1, 0.15) is 12.5 Å². The number of nitrogens with zero attached hydrogens (tertiary/aromatic N) is 3. The van der Waals surface area contributed by atoms with Crippen LogP contribution in [0.15, 0.2) is 48.5 Å². The minimum absolute atomic E-state index is 0.00906. The number of rotatable bonds is 7. The van der Waals surface area contributed by atoms with Crippen LogP contribution in [-0.4, -0.2) is 21.5 Å². The van der Waals surface area contributed by atoms with Crippen molar-refractivity contribution in [1.29, 1.82) is 0 Å². The zero-order valence-corrected chi connectivity index (χ0v) is 15.5. The van der Waals surface area contributed by atoms with Crippen LogP contribution in [0.4, 0.5) is 34.6 Å². The SMILES string of the molecule is CCOc1ccc(Nc2nc(N)c([N+](=O)[O-])c(Nc3ccc(C)cc3)n2)cc1. The van der Waals surface area contributed by atoms with Crippen LogP contribution in [0, 0.1) is 17.0 Å². The molecule has 3 rings (SSSR count). The van der Waals surface area contributed by atoms with Crippen LogP contribution in [0.5, 0.6) is 5.75 Å². The number of nitrogens with one attached hydrogen (secondary N) is 2. The van der Waals surface area contributed by atoms with Gasteiger partial charge in [-0.05, 0) is 50.2 Å². The van der Waals surface area contributed by atoms with Crippen LogP contribution in [-0.2, 0) is 0 Å². The third-order valence-electron chi connectivity index (χ3n) is 3.83. The number of aromatic nitrogens is 2. The molecule has 0 aliphatic heterocycles. The summed E-state index contributed by atoms with van der Waals surface area (Å²) in [4.78, 5) is 19.1. The standard InChI is InChI=1S/C19H20N6O3/c1-3-28-15-10-8-14(9-11-15)22-19-23-17(20)16(25(26)27)18(24-19)21-13-6-4-12(2)5-7-13/h4-11H,3H2,1-2H3,(H4,20,21,22,23,24). The summed E-state index contributed by atoms with van der Waals surface area (Å²) in [5.74, 6) is 0.651. The van der Waals surface area contributed by atoms with E-state index in [0.29, 0.717) is 18.0 Å². The smallest absolute Gasteiger partial charge is 0.353 e. The van der Waals surface area contributed by atoms with Crippen LogP contribution < -0.4 is 21.1 Å². The molecule has 0 bridgehead atoms. The molecule has 28 heavy (non-hydrogen) atoms. The zero-order valence-electron chi connectivity index (χ0n) is 15.5. The van der Waals surface area contributed by atoms with Gasteiger partial charge in [0.25, 0.3) is 0 Å². The first-order valence-corrected chi connectivity index (χ1v) is 8.61. The molecule has 144 valence electrons. The van der Waals surface area contributed by atoms with Crippen molar-refractivity contribution in [2.75, 3.05) is 23.0 Å². The quantitative estimate of drug-likeness (QED) is 0.412. The molecule has 0 spiro atoms. The van der Waals surface area contributed by atoms with Gasteiger partial charge in [0, 0.05) is 11.4 Å². The number of hydrogen-bond acceptors (Lipinski definition) is 8. The summed E-state index contributed by atoms with van der Waals surface area (Å²) in [5.41, 5.74) is 7.86. The van der Waals surface area contributed by atoms with Crippen molar-refractivity contribution in [2.24, 2.45) is 0 Å². The Kier molecular flexibility index (Phi) is 5.54. The highest BCUT2D eigenvalue weighted by Gasteiger charge is 2.23. The molecular formula is C19H20N6O3. The van der Waals surface area contributed by atoms with Gasteiger partial charge in [0.1, 0.15) is 5.75 Å². The Hall–Kier alpha value is -3.88. The van der Waals surface area contributed by atoms with Gasteiger partial charge >= 0.3 is 5.69 Å². The highest BCUT2D eigenvalue weighted by Crippen LogP contribution is 2.32. The minimum Gasteiger partial charge on any atom is -0.494 e. The van der Waals surface area contributed by atoms with E-state index in [9.17, 15) is 10.1 Å². The molecule has 2 aromatic carbocycles. The summed E-state index contributed by atoms with van der Waals surface area (Å²) < 4.78 is 5.40. The van der Waals surface area contributed by atoms with E-state index < -0.39 is 4.92 Å². The molecule has 0 unspecified atom stereocenters. The number of aryl methyl sites for hydroxylation is 1. The predicted molar refractivity (Wildman–Crippen MR) is 108 cm³/mol. The number of ether oxygens (including phenoxy) is 1. The Morgan fingerprint density at radius 3 is 2.25 bits per heavy atom. The number of nitrogen functional groups attached to an aromatic ring is 1. The van der Waals surface area contributed by atoms with E-state index in [2.05, 4.69) is 20.6 Å². The lowest BCUT2D eigenvalue weighted by Crippen LogP contribution is -2.08. The molecule has 0 radical (unpaired) electrons. The molecule has 0 saturated carbocycles. The van der Waals surface area contributed by atoms with E-state index in [0.717, 1.165) is 11.3 Å². The van der Waals surface area contributed by atoms with Gasteiger partial charge < -0.3 is 21.1 Å². The largest absolute Gasteiger partial charge is 0.494 e. The maximum absolute atomic E-state index is 11.4. The number of nitrogens with two attached hydrogens (primary N) is 1. The first kappa shape index (κ1) is 18.9. The predicted octanol–water partition coefficient (Wildman–Crippen LogP) is 4.16. The average molecular weight is 380 g/mol. The Balaban J connectivity index is 1.90. The van der Waals surface area contributed by atoms with Crippen molar-refractivity contribution < 1.29 is 9.66 Å². The molecule has 0 atom stereocenters. The Morgan fingerprint density at radius 2 is 1.64 bits per heavy atom. The highest BCUT2D eigenvalue weighted by atomic mass is 16.6. The van der Waals surface area contributed by atoms with Crippen molar-refractivity contribution in [3.05, 3.63) is 64.2 Å². The molecule has 0 saturated heterocycles. The molecule has 0 fully saturated rings. The Morgan fingerprint density at radius 1 is 1.04 bits per heavy atom. The first-order chi connectivity index (χ1) is 13.5. The van der Waals surface area contributed by atoms with E-state index in [1.165, 1.54) is 0 Å². The maximum atomic E-state index is 11.4. The normalized spacial score (nSPS) is 10.4. The summed E-state index contributed by atoms with van der Waals surface area (Å²) in [6.07, 6.45) is 0. The second kappa shape index (κ2) is 8.21. The number of hydrogen-bond donors (Lipinski definition) is 3. The fourth-order valence-corrected chi connectivity index (χ4v) is 2.50. The van der Waals surface area contributed by atoms with Crippen LogP contribution in [0.3, 0.4) is 0 Å². The van der Waals surface area contributed by atoms with Gasteiger partial charge in [0.15, 0.2) is 0 Å². The lowest BCUT2D eigenvalue weighted by atomic mass is 10.2. The van der Waals surface area contributed by atoms with Gasteiger partial charge in [-0.2, -0.15) is 9.97 Å². The third kappa shape index (κ3) is 4.44. The van der Waals surface area contributed by atoms with Crippen LogP contribution >= 0.6 is 0 Å². The van der Waals surface area contributed by atoms with Gasteiger partial charge in [-0.1, -0.05) is 17.7 Å².